The monoisotopic (exact) mass is 438 g/mol. The van der Waals surface area contributed by atoms with Crippen molar-refractivity contribution in [3.8, 4) is 5.75 Å². The van der Waals surface area contributed by atoms with Crippen molar-refractivity contribution in [2.45, 2.75) is 26.8 Å². The van der Waals surface area contributed by atoms with E-state index in [4.69, 9.17) is 4.74 Å². The van der Waals surface area contributed by atoms with E-state index in [1.807, 2.05) is 60.4 Å². The van der Waals surface area contributed by atoms with Gasteiger partial charge in [0.25, 0.3) is 0 Å². The van der Waals surface area contributed by atoms with Crippen LogP contribution >= 0.6 is 0 Å². The Hall–Kier alpha value is -3.06. The van der Waals surface area contributed by atoms with E-state index in [1.165, 1.54) is 0 Å². The van der Waals surface area contributed by atoms with E-state index < -0.39 is 0 Å². The summed E-state index contributed by atoms with van der Waals surface area (Å²) in [5, 5.41) is 2.88. The molecule has 0 atom stereocenters. The Morgan fingerprint density at radius 2 is 1.69 bits per heavy atom. The number of carbonyl (C=O) groups is 2. The highest BCUT2D eigenvalue weighted by Crippen LogP contribution is 2.24. The number of para-hydroxylation sites is 1. The van der Waals surface area contributed by atoms with Crippen LogP contribution in [0, 0.1) is 0 Å². The highest BCUT2D eigenvalue weighted by molar-refractivity contribution is 5.92. The smallest absolute Gasteiger partial charge is 0.322 e. The number of amides is 3. The first-order chi connectivity index (χ1) is 15.5. The number of benzene rings is 2. The number of anilines is 1. The number of urea groups is 1. The van der Waals surface area contributed by atoms with Crippen LogP contribution in [0.15, 0.2) is 48.5 Å². The molecule has 7 nitrogen and oxygen atoms in total. The molecule has 1 fully saturated rings. The van der Waals surface area contributed by atoms with E-state index >= 15 is 0 Å². The highest BCUT2D eigenvalue weighted by Gasteiger charge is 2.21. The second-order valence-electron chi connectivity index (χ2n) is 7.89. The van der Waals surface area contributed by atoms with Gasteiger partial charge in [0.05, 0.1) is 20.1 Å². The molecule has 1 heterocycles. The van der Waals surface area contributed by atoms with Gasteiger partial charge < -0.3 is 19.9 Å². The topological polar surface area (TPSA) is 65.1 Å². The molecule has 3 amide bonds. The number of ether oxygens (including phenoxy) is 1. The van der Waals surface area contributed by atoms with Gasteiger partial charge in [0, 0.05) is 44.0 Å². The third-order valence-electron chi connectivity index (χ3n) is 5.87. The van der Waals surface area contributed by atoms with Gasteiger partial charge in [-0.05, 0) is 37.2 Å². The van der Waals surface area contributed by atoms with E-state index in [2.05, 4.69) is 17.1 Å². The Morgan fingerprint density at radius 1 is 1.00 bits per heavy atom. The summed E-state index contributed by atoms with van der Waals surface area (Å²) in [5.74, 6) is 0.898. The van der Waals surface area contributed by atoms with Crippen LogP contribution in [0.1, 0.15) is 25.0 Å². The van der Waals surface area contributed by atoms with Crippen molar-refractivity contribution in [3.63, 3.8) is 0 Å². The van der Waals surface area contributed by atoms with Crippen LogP contribution in [-0.4, -0.2) is 68.1 Å². The standard InChI is InChI=1S/C25H34N4O3/c1-4-26-25(31)29(19-21-8-6-7-9-23(21)32-3)22-12-10-20(11-13-22)18-24(30)28-16-14-27(5-2)15-17-28/h6-13H,4-5,14-19H2,1-3H3,(H,26,31). The zero-order valence-corrected chi connectivity index (χ0v) is 19.3. The number of carbonyl (C=O) groups excluding carboxylic acids is 2. The Balaban J connectivity index is 1.70. The first kappa shape index (κ1) is 23.6. The number of piperazine rings is 1. The van der Waals surface area contributed by atoms with Crippen LogP contribution in [0.5, 0.6) is 5.75 Å². The van der Waals surface area contributed by atoms with Crippen molar-refractivity contribution in [2.24, 2.45) is 0 Å². The number of likely N-dealkylation sites (N-methyl/N-ethyl adjacent to an activating group) is 1. The van der Waals surface area contributed by atoms with Gasteiger partial charge in [0.2, 0.25) is 5.91 Å². The predicted molar refractivity (Wildman–Crippen MR) is 127 cm³/mol. The molecule has 1 N–H and O–H groups in total. The van der Waals surface area contributed by atoms with Crippen LogP contribution in [0.25, 0.3) is 0 Å². The van der Waals surface area contributed by atoms with Crippen molar-refractivity contribution >= 4 is 17.6 Å². The van der Waals surface area contributed by atoms with Gasteiger partial charge in [-0.25, -0.2) is 4.79 Å². The SMILES string of the molecule is CCNC(=O)N(Cc1ccccc1OC)c1ccc(CC(=O)N2CCN(CC)CC2)cc1. The lowest BCUT2D eigenvalue weighted by Gasteiger charge is -2.34. The number of methoxy groups -OCH3 is 1. The average Bonchev–Trinajstić information content (AvgIpc) is 2.83. The van der Waals surface area contributed by atoms with Gasteiger partial charge in [-0.1, -0.05) is 37.3 Å². The van der Waals surface area contributed by atoms with Crippen LogP contribution in [0.4, 0.5) is 10.5 Å². The molecule has 0 spiro atoms. The van der Waals surface area contributed by atoms with E-state index in [0.717, 1.165) is 55.3 Å². The third kappa shape index (κ3) is 6.01. The number of rotatable bonds is 8. The molecule has 1 aliphatic rings. The molecule has 0 unspecified atom stereocenters. The second kappa shape index (κ2) is 11.5. The predicted octanol–water partition coefficient (Wildman–Crippen LogP) is 3.14. The molecule has 0 saturated carbocycles. The Kier molecular flexibility index (Phi) is 8.50. The number of nitrogens with zero attached hydrogens (tertiary/aromatic N) is 3. The minimum Gasteiger partial charge on any atom is -0.496 e. The molecular formula is C25H34N4O3. The number of hydrogen-bond acceptors (Lipinski definition) is 4. The van der Waals surface area contributed by atoms with E-state index in [1.54, 1.807) is 12.0 Å². The molecule has 2 aromatic carbocycles. The molecule has 0 aliphatic carbocycles. The summed E-state index contributed by atoms with van der Waals surface area (Å²) in [6.45, 7) is 9.45. The van der Waals surface area contributed by atoms with Gasteiger partial charge >= 0.3 is 6.03 Å². The summed E-state index contributed by atoms with van der Waals surface area (Å²) in [6, 6.07) is 15.2. The van der Waals surface area contributed by atoms with Crippen LogP contribution in [0.2, 0.25) is 0 Å². The summed E-state index contributed by atoms with van der Waals surface area (Å²) in [6.07, 6.45) is 0.375. The molecule has 2 aromatic rings. The Morgan fingerprint density at radius 3 is 2.31 bits per heavy atom. The summed E-state index contributed by atoms with van der Waals surface area (Å²) in [7, 11) is 1.63. The summed E-state index contributed by atoms with van der Waals surface area (Å²) in [5.41, 5.74) is 2.64. The molecule has 3 rings (SSSR count). The summed E-state index contributed by atoms with van der Waals surface area (Å²) >= 11 is 0. The minimum atomic E-state index is -0.170. The van der Waals surface area contributed by atoms with Gasteiger partial charge in [0.1, 0.15) is 5.75 Å². The fourth-order valence-corrected chi connectivity index (χ4v) is 3.92. The molecule has 32 heavy (non-hydrogen) atoms. The van der Waals surface area contributed by atoms with Crippen molar-refractivity contribution in [1.82, 2.24) is 15.1 Å². The maximum atomic E-state index is 12.8. The highest BCUT2D eigenvalue weighted by atomic mass is 16.5. The largest absolute Gasteiger partial charge is 0.496 e. The Bertz CT molecular complexity index is 892. The molecule has 0 radical (unpaired) electrons. The van der Waals surface area contributed by atoms with Crippen molar-refractivity contribution in [3.05, 3.63) is 59.7 Å². The first-order valence-corrected chi connectivity index (χ1v) is 11.3. The molecule has 172 valence electrons. The zero-order valence-electron chi connectivity index (χ0n) is 19.3. The van der Waals surface area contributed by atoms with Gasteiger partial charge in [-0.15, -0.1) is 0 Å². The Labute approximate surface area is 190 Å². The first-order valence-electron chi connectivity index (χ1n) is 11.3. The minimum absolute atomic E-state index is 0.156. The van der Waals surface area contributed by atoms with E-state index in [9.17, 15) is 9.59 Å². The molecule has 0 aromatic heterocycles. The number of hydrogen-bond donors (Lipinski definition) is 1. The van der Waals surface area contributed by atoms with Gasteiger partial charge in [-0.2, -0.15) is 0 Å². The second-order valence-corrected chi connectivity index (χ2v) is 7.89. The van der Waals surface area contributed by atoms with E-state index in [0.29, 0.717) is 19.5 Å². The summed E-state index contributed by atoms with van der Waals surface area (Å²) < 4.78 is 5.45. The van der Waals surface area contributed by atoms with Crippen molar-refractivity contribution < 1.29 is 14.3 Å². The van der Waals surface area contributed by atoms with Crippen molar-refractivity contribution in [1.29, 1.82) is 0 Å². The van der Waals surface area contributed by atoms with E-state index in [-0.39, 0.29) is 11.9 Å². The normalized spacial score (nSPS) is 14.2. The lowest BCUT2D eigenvalue weighted by Crippen LogP contribution is -2.48. The average molecular weight is 439 g/mol. The molecular weight excluding hydrogens is 404 g/mol. The fourth-order valence-electron chi connectivity index (χ4n) is 3.92. The van der Waals surface area contributed by atoms with Crippen LogP contribution in [-0.2, 0) is 17.8 Å². The van der Waals surface area contributed by atoms with Crippen LogP contribution in [0.3, 0.4) is 0 Å². The lowest BCUT2D eigenvalue weighted by molar-refractivity contribution is -0.132. The molecule has 7 heteroatoms. The number of nitrogens with one attached hydrogen (secondary N) is 1. The maximum absolute atomic E-state index is 12.8. The quantitative estimate of drug-likeness (QED) is 0.688. The molecule has 1 aliphatic heterocycles. The van der Waals surface area contributed by atoms with Gasteiger partial charge in [-0.3, -0.25) is 9.69 Å². The molecule has 1 saturated heterocycles. The molecule has 0 bridgehead atoms. The third-order valence-corrected chi connectivity index (χ3v) is 5.87. The zero-order chi connectivity index (χ0) is 22.9. The maximum Gasteiger partial charge on any atom is 0.322 e. The van der Waals surface area contributed by atoms with Crippen molar-refractivity contribution in [2.75, 3.05) is 51.3 Å². The lowest BCUT2D eigenvalue weighted by atomic mass is 10.1. The van der Waals surface area contributed by atoms with Gasteiger partial charge in [0.15, 0.2) is 0 Å². The van der Waals surface area contributed by atoms with Crippen LogP contribution < -0.4 is 15.0 Å². The summed E-state index contributed by atoms with van der Waals surface area (Å²) in [4.78, 5) is 31.5. The fraction of sp³-hybridized carbons (Fsp3) is 0.440.